The number of aromatic nitrogens is 2. The molecule has 1 aromatic carbocycles. The molecule has 0 spiro atoms. The zero-order chi connectivity index (χ0) is 15.0. The van der Waals surface area contributed by atoms with E-state index < -0.39 is 16.0 Å². The highest BCUT2D eigenvalue weighted by Crippen LogP contribution is 2.32. The van der Waals surface area contributed by atoms with Crippen molar-refractivity contribution in [3.05, 3.63) is 43.0 Å². The molecule has 21 heavy (non-hydrogen) atoms. The van der Waals surface area contributed by atoms with Gasteiger partial charge < -0.3 is 14.9 Å². The Hall–Kier alpha value is -2.29. The van der Waals surface area contributed by atoms with Crippen molar-refractivity contribution in [3.8, 4) is 0 Å². The molecule has 1 aromatic heterocycles. The van der Waals surface area contributed by atoms with Gasteiger partial charge in [-0.15, -0.1) is 0 Å². The molecule has 2 N–H and O–H groups in total. The first-order valence-corrected chi connectivity index (χ1v) is 7.49. The van der Waals surface area contributed by atoms with Crippen molar-refractivity contribution < 1.29 is 4.92 Å². The molecule has 3 rings (SSSR count). The summed E-state index contributed by atoms with van der Waals surface area (Å²) < 4.78 is 0. The summed E-state index contributed by atoms with van der Waals surface area (Å²) in [7, 11) is 0. The van der Waals surface area contributed by atoms with E-state index in [9.17, 15) is 19.7 Å². The van der Waals surface area contributed by atoms with E-state index in [-0.39, 0.29) is 11.2 Å². The second-order valence-electron chi connectivity index (χ2n) is 4.65. The SMILES string of the molecule is O=c1[nH]c2cc(N3CCSCC3)c([N+](=O)[O-])cc2[nH]c1=O. The average Bonchev–Trinajstić information content (AvgIpc) is 2.48. The zero-order valence-corrected chi connectivity index (χ0v) is 11.7. The maximum atomic E-state index is 11.4. The van der Waals surface area contributed by atoms with Crippen LogP contribution in [0.15, 0.2) is 21.7 Å². The van der Waals surface area contributed by atoms with Gasteiger partial charge in [-0.1, -0.05) is 0 Å². The number of anilines is 1. The minimum atomic E-state index is -0.820. The van der Waals surface area contributed by atoms with Gasteiger partial charge in [0.15, 0.2) is 0 Å². The highest BCUT2D eigenvalue weighted by Gasteiger charge is 2.22. The van der Waals surface area contributed by atoms with Crippen molar-refractivity contribution in [2.24, 2.45) is 0 Å². The molecule has 0 radical (unpaired) electrons. The summed E-state index contributed by atoms with van der Waals surface area (Å²) in [5, 5.41) is 11.3. The smallest absolute Gasteiger partial charge is 0.314 e. The number of nitrogens with one attached hydrogen (secondary N) is 2. The van der Waals surface area contributed by atoms with Crippen LogP contribution in [0.2, 0.25) is 0 Å². The molecule has 0 saturated carbocycles. The second-order valence-corrected chi connectivity index (χ2v) is 5.88. The van der Waals surface area contributed by atoms with E-state index in [0.29, 0.717) is 24.3 Å². The van der Waals surface area contributed by atoms with Gasteiger partial charge in [0, 0.05) is 30.7 Å². The van der Waals surface area contributed by atoms with Crippen LogP contribution in [0.1, 0.15) is 0 Å². The van der Waals surface area contributed by atoms with Crippen LogP contribution in [0.3, 0.4) is 0 Å². The summed E-state index contributed by atoms with van der Waals surface area (Å²) in [4.78, 5) is 40.2. The first kappa shape index (κ1) is 13.7. The highest BCUT2D eigenvalue weighted by atomic mass is 32.2. The molecule has 1 aliphatic heterocycles. The zero-order valence-electron chi connectivity index (χ0n) is 10.9. The Balaban J connectivity index is 2.23. The molecule has 1 saturated heterocycles. The van der Waals surface area contributed by atoms with Crippen LogP contribution in [-0.4, -0.2) is 39.5 Å². The quantitative estimate of drug-likeness (QED) is 0.479. The molecule has 2 aromatic rings. The number of benzene rings is 1. The first-order chi connectivity index (χ1) is 10.1. The number of fused-ring (bicyclic) bond motifs is 1. The molecule has 1 aliphatic rings. The molecule has 2 heterocycles. The maximum absolute atomic E-state index is 11.4. The molecule has 9 heteroatoms. The number of nitrogens with zero attached hydrogens (tertiary/aromatic N) is 2. The number of H-pyrrole nitrogens is 2. The van der Waals surface area contributed by atoms with Crippen LogP contribution >= 0.6 is 11.8 Å². The fourth-order valence-corrected chi connectivity index (χ4v) is 3.25. The third kappa shape index (κ3) is 2.51. The van der Waals surface area contributed by atoms with Gasteiger partial charge in [-0.25, -0.2) is 0 Å². The van der Waals surface area contributed by atoms with Crippen molar-refractivity contribution in [2.75, 3.05) is 29.5 Å². The van der Waals surface area contributed by atoms with E-state index in [1.165, 1.54) is 6.07 Å². The second kappa shape index (κ2) is 5.24. The topological polar surface area (TPSA) is 112 Å². The minimum absolute atomic E-state index is 0.0721. The van der Waals surface area contributed by atoms with Crippen LogP contribution in [-0.2, 0) is 0 Å². The summed E-state index contributed by atoms with van der Waals surface area (Å²) in [6.45, 7) is 1.43. The molecular weight excluding hydrogens is 296 g/mol. The average molecular weight is 308 g/mol. The van der Waals surface area contributed by atoms with Crippen LogP contribution < -0.4 is 16.0 Å². The monoisotopic (exact) mass is 308 g/mol. The lowest BCUT2D eigenvalue weighted by Gasteiger charge is -2.28. The van der Waals surface area contributed by atoms with Crippen LogP contribution in [0.5, 0.6) is 0 Å². The lowest BCUT2D eigenvalue weighted by Crippen LogP contribution is -2.33. The molecule has 110 valence electrons. The van der Waals surface area contributed by atoms with Crippen LogP contribution in [0.25, 0.3) is 11.0 Å². The van der Waals surface area contributed by atoms with Crippen molar-refractivity contribution in [1.29, 1.82) is 0 Å². The fraction of sp³-hybridized carbons (Fsp3) is 0.333. The lowest BCUT2D eigenvalue weighted by molar-refractivity contribution is -0.384. The Morgan fingerprint density at radius 2 is 1.67 bits per heavy atom. The molecular formula is C12H12N4O4S. The van der Waals surface area contributed by atoms with Gasteiger partial charge in [-0.2, -0.15) is 11.8 Å². The molecule has 0 unspecified atom stereocenters. The summed E-state index contributed by atoms with van der Waals surface area (Å²) in [5.74, 6) is 1.80. The molecule has 1 fully saturated rings. The maximum Gasteiger partial charge on any atom is 0.314 e. The molecule has 0 amide bonds. The fourth-order valence-electron chi connectivity index (χ4n) is 2.35. The van der Waals surface area contributed by atoms with Crippen molar-refractivity contribution in [2.45, 2.75) is 0 Å². The number of hydrogen-bond acceptors (Lipinski definition) is 6. The van der Waals surface area contributed by atoms with E-state index in [1.807, 2.05) is 4.90 Å². The third-order valence-electron chi connectivity index (χ3n) is 3.37. The number of nitro groups is 1. The summed E-state index contributed by atoms with van der Waals surface area (Å²) in [5.41, 5.74) is -0.553. The van der Waals surface area contributed by atoms with E-state index in [1.54, 1.807) is 17.8 Å². The summed E-state index contributed by atoms with van der Waals surface area (Å²) in [6.07, 6.45) is 0. The third-order valence-corrected chi connectivity index (χ3v) is 4.31. The number of nitro benzene ring substituents is 1. The van der Waals surface area contributed by atoms with Crippen molar-refractivity contribution in [1.82, 2.24) is 9.97 Å². The lowest BCUT2D eigenvalue weighted by atomic mass is 10.2. The van der Waals surface area contributed by atoms with Gasteiger partial charge in [0.05, 0.1) is 16.0 Å². The Labute approximate surface area is 122 Å². The Morgan fingerprint density at radius 1 is 1.10 bits per heavy atom. The number of hydrogen-bond donors (Lipinski definition) is 2. The molecule has 8 nitrogen and oxygen atoms in total. The van der Waals surface area contributed by atoms with Crippen LogP contribution in [0.4, 0.5) is 11.4 Å². The van der Waals surface area contributed by atoms with Gasteiger partial charge in [-0.05, 0) is 6.07 Å². The van der Waals surface area contributed by atoms with E-state index >= 15 is 0 Å². The van der Waals surface area contributed by atoms with Crippen LogP contribution in [0, 0.1) is 10.1 Å². The standard InChI is InChI=1S/C12H12N4O4S/c17-11-12(18)14-8-6-10(16(19)20)9(5-7(8)13-11)15-1-3-21-4-2-15/h5-6H,1-4H2,(H,13,17)(H,14,18). The van der Waals surface area contributed by atoms with Gasteiger partial charge in [-0.3, -0.25) is 19.7 Å². The Morgan fingerprint density at radius 3 is 2.24 bits per heavy atom. The largest absolute Gasteiger partial charge is 0.364 e. The summed E-state index contributed by atoms with van der Waals surface area (Å²) >= 11 is 1.80. The predicted molar refractivity (Wildman–Crippen MR) is 81.4 cm³/mol. The van der Waals surface area contributed by atoms with E-state index in [0.717, 1.165) is 11.5 Å². The Bertz CT molecular complexity index is 822. The van der Waals surface area contributed by atoms with Crippen molar-refractivity contribution >= 4 is 34.2 Å². The predicted octanol–water partition coefficient (Wildman–Crippen LogP) is 0.678. The molecule has 0 atom stereocenters. The van der Waals surface area contributed by atoms with E-state index in [2.05, 4.69) is 9.97 Å². The normalized spacial score (nSPS) is 15.3. The first-order valence-electron chi connectivity index (χ1n) is 6.34. The molecule has 0 bridgehead atoms. The number of rotatable bonds is 2. The minimum Gasteiger partial charge on any atom is -0.364 e. The van der Waals surface area contributed by atoms with E-state index in [4.69, 9.17) is 0 Å². The van der Waals surface area contributed by atoms with Gasteiger partial charge in [0.25, 0.3) is 5.69 Å². The molecule has 0 aliphatic carbocycles. The number of thioether (sulfide) groups is 1. The van der Waals surface area contributed by atoms with Gasteiger partial charge in [0.2, 0.25) is 0 Å². The Kier molecular flexibility index (Phi) is 3.42. The van der Waals surface area contributed by atoms with Gasteiger partial charge in [0.1, 0.15) is 5.69 Å². The van der Waals surface area contributed by atoms with Crippen molar-refractivity contribution in [3.63, 3.8) is 0 Å². The summed E-state index contributed by atoms with van der Waals surface area (Å²) in [6, 6.07) is 2.85. The number of aromatic amines is 2. The van der Waals surface area contributed by atoms with Gasteiger partial charge >= 0.3 is 11.1 Å². The highest BCUT2D eigenvalue weighted by molar-refractivity contribution is 7.99.